The highest BCUT2D eigenvalue weighted by Gasteiger charge is 2.40. The first-order valence-corrected chi connectivity index (χ1v) is 4.95. The van der Waals surface area contributed by atoms with Crippen LogP contribution in [0.3, 0.4) is 0 Å². The summed E-state index contributed by atoms with van der Waals surface area (Å²) in [5.74, 6) is -0.0943. The molecule has 2 atom stereocenters. The van der Waals surface area contributed by atoms with Gasteiger partial charge in [0.1, 0.15) is 0 Å². The largest absolute Gasteiger partial charge is 0.396 e. The van der Waals surface area contributed by atoms with Crippen LogP contribution in [0, 0.1) is 5.92 Å². The molecular formula is C9H14N2O3. The second-order valence-corrected chi connectivity index (χ2v) is 3.86. The molecule has 3 amide bonds. The van der Waals surface area contributed by atoms with Crippen molar-refractivity contribution in [3.05, 3.63) is 0 Å². The molecule has 0 aromatic rings. The fourth-order valence-corrected chi connectivity index (χ4v) is 2.34. The summed E-state index contributed by atoms with van der Waals surface area (Å²) in [7, 11) is 0. The number of amides is 3. The van der Waals surface area contributed by atoms with E-state index >= 15 is 0 Å². The Labute approximate surface area is 82.1 Å². The summed E-state index contributed by atoms with van der Waals surface area (Å²) in [6.07, 6.45) is 2.70. The summed E-state index contributed by atoms with van der Waals surface area (Å²) >= 11 is 0. The zero-order chi connectivity index (χ0) is 10.1. The number of carbonyl (C=O) groups is 2. The molecule has 5 heteroatoms. The Kier molecular flexibility index (Phi) is 2.41. The molecule has 1 aliphatic carbocycles. The quantitative estimate of drug-likeness (QED) is 0.598. The van der Waals surface area contributed by atoms with Gasteiger partial charge < -0.3 is 10.4 Å². The van der Waals surface area contributed by atoms with E-state index in [2.05, 4.69) is 5.32 Å². The number of hydrogen-bond acceptors (Lipinski definition) is 3. The second kappa shape index (κ2) is 3.57. The molecule has 2 N–H and O–H groups in total. The molecule has 5 nitrogen and oxygen atoms in total. The molecular weight excluding hydrogens is 184 g/mol. The predicted molar refractivity (Wildman–Crippen MR) is 48.5 cm³/mol. The Morgan fingerprint density at radius 3 is 2.79 bits per heavy atom. The summed E-state index contributed by atoms with van der Waals surface area (Å²) < 4.78 is 0. The molecule has 1 heterocycles. The third kappa shape index (κ3) is 1.37. The molecule has 14 heavy (non-hydrogen) atoms. The number of carbonyl (C=O) groups excluding carboxylic acids is 2. The van der Waals surface area contributed by atoms with E-state index in [-0.39, 0.29) is 37.0 Å². The average molecular weight is 198 g/mol. The van der Waals surface area contributed by atoms with Gasteiger partial charge in [-0.25, -0.2) is 4.79 Å². The highest BCUT2D eigenvalue weighted by atomic mass is 16.3. The van der Waals surface area contributed by atoms with Crippen molar-refractivity contribution >= 4 is 11.9 Å². The summed E-state index contributed by atoms with van der Waals surface area (Å²) in [4.78, 5) is 24.0. The second-order valence-electron chi connectivity index (χ2n) is 3.86. The van der Waals surface area contributed by atoms with Crippen molar-refractivity contribution in [3.63, 3.8) is 0 Å². The van der Waals surface area contributed by atoms with Crippen molar-refractivity contribution < 1.29 is 14.7 Å². The smallest absolute Gasteiger partial charge is 0.324 e. The van der Waals surface area contributed by atoms with E-state index < -0.39 is 0 Å². The normalized spacial score (nSPS) is 32.5. The van der Waals surface area contributed by atoms with Crippen LogP contribution in [-0.2, 0) is 4.79 Å². The van der Waals surface area contributed by atoms with Gasteiger partial charge in [-0.2, -0.15) is 0 Å². The molecule has 2 fully saturated rings. The number of hydrogen-bond donors (Lipinski definition) is 2. The van der Waals surface area contributed by atoms with E-state index in [0.29, 0.717) is 0 Å². The third-order valence-electron chi connectivity index (χ3n) is 3.06. The summed E-state index contributed by atoms with van der Waals surface area (Å²) in [5.41, 5.74) is 0. The van der Waals surface area contributed by atoms with Crippen LogP contribution in [-0.4, -0.2) is 41.1 Å². The van der Waals surface area contributed by atoms with Crippen LogP contribution in [0.25, 0.3) is 0 Å². The molecule has 0 spiro atoms. The molecule has 0 aromatic heterocycles. The summed E-state index contributed by atoms with van der Waals surface area (Å²) in [5, 5.41) is 11.6. The van der Waals surface area contributed by atoms with E-state index in [1.807, 2.05) is 0 Å². The van der Waals surface area contributed by atoms with Crippen molar-refractivity contribution in [1.29, 1.82) is 0 Å². The lowest BCUT2D eigenvalue weighted by Gasteiger charge is -2.25. The van der Waals surface area contributed by atoms with Crippen molar-refractivity contribution in [1.82, 2.24) is 10.2 Å². The standard InChI is InChI=1S/C9H14N2O3/c12-5-6-2-1-3-7(6)11-8(13)4-10-9(11)14/h6-7,12H,1-5H2,(H,10,14). The molecule has 0 radical (unpaired) electrons. The van der Waals surface area contributed by atoms with Gasteiger partial charge in [0.2, 0.25) is 5.91 Å². The number of aliphatic hydroxyl groups excluding tert-OH is 1. The van der Waals surface area contributed by atoms with E-state index in [4.69, 9.17) is 5.11 Å². The monoisotopic (exact) mass is 198 g/mol. The average Bonchev–Trinajstić information content (AvgIpc) is 2.73. The third-order valence-corrected chi connectivity index (χ3v) is 3.06. The lowest BCUT2D eigenvalue weighted by atomic mass is 10.0. The maximum absolute atomic E-state index is 11.4. The van der Waals surface area contributed by atoms with Crippen molar-refractivity contribution in [3.8, 4) is 0 Å². The summed E-state index contributed by atoms with van der Waals surface area (Å²) in [6.45, 7) is 0.162. The molecule has 2 rings (SSSR count). The number of nitrogens with zero attached hydrogens (tertiary/aromatic N) is 1. The lowest BCUT2D eigenvalue weighted by Crippen LogP contribution is -2.43. The van der Waals surface area contributed by atoms with Crippen LogP contribution in [0.2, 0.25) is 0 Å². The zero-order valence-corrected chi connectivity index (χ0v) is 7.90. The number of aliphatic hydroxyl groups is 1. The Bertz CT molecular complexity index is 251. The van der Waals surface area contributed by atoms with Gasteiger partial charge >= 0.3 is 6.03 Å². The molecule has 78 valence electrons. The van der Waals surface area contributed by atoms with Crippen molar-refractivity contribution in [2.45, 2.75) is 25.3 Å². The molecule has 1 aliphatic heterocycles. The molecule has 2 aliphatic rings. The van der Waals surface area contributed by atoms with Crippen LogP contribution in [0.1, 0.15) is 19.3 Å². The van der Waals surface area contributed by atoms with Gasteiger partial charge in [-0.15, -0.1) is 0 Å². The minimum absolute atomic E-state index is 0.0573. The maximum Gasteiger partial charge on any atom is 0.324 e. The minimum atomic E-state index is -0.305. The van der Waals surface area contributed by atoms with Crippen LogP contribution >= 0.6 is 0 Å². The Balaban J connectivity index is 2.13. The molecule has 2 unspecified atom stereocenters. The first-order chi connectivity index (χ1) is 6.74. The Morgan fingerprint density at radius 2 is 2.21 bits per heavy atom. The first-order valence-electron chi connectivity index (χ1n) is 4.95. The molecule has 0 bridgehead atoms. The van der Waals surface area contributed by atoms with Crippen LogP contribution in [0.5, 0.6) is 0 Å². The van der Waals surface area contributed by atoms with E-state index in [1.165, 1.54) is 4.90 Å². The summed E-state index contributed by atoms with van der Waals surface area (Å²) in [6, 6.07) is -0.393. The molecule has 1 saturated carbocycles. The number of rotatable bonds is 2. The highest BCUT2D eigenvalue weighted by molar-refractivity contribution is 6.02. The number of imide groups is 1. The SMILES string of the molecule is O=C1CNC(=O)N1C1CCCC1CO. The Hall–Kier alpha value is -1.10. The van der Waals surface area contributed by atoms with E-state index in [1.54, 1.807) is 0 Å². The van der Waals surface area contributed by atoms with Gasteiger partial charge in [-0.05, 0) is 12.8 Å². The van der Waals surface area contributed by atoms with E-state index in [9.17, 15) is 9.59 Å². The Morgan fingerprint density at radius 1 is 1.43 bits per heavy atom. The highest BCUT2D eigenvalue weighted by Crippen LogP contribution is 2.30. The van der Waals surface area contributed by atoms with E-state index in [0.717, 1.165) is 19.3 Å². The first kappa shape index (κ1) is 9.45. The fraction of sp³-hybridized carbons (Fsp3) is 0.778. The van der Waals surface area contributed by atoms with Crippen molar-refractivity contribution in [2.24, 2.45) is 5.92 Å². The van der Waals surface area contributed by atoms with Gasteiger partial charge in [-0.1, -0.05) is 6.42 Å². The molecule has 0 aromatic carbocycles. The van der Waals surface area contributed by atoms with Gasteiger partial charge in [0.25, 0.3) is 0 Å². The van der Waals surface area contributed by atoms with Gasteiger partial charge in [0.05, 0.1) is 6.54 Å². The predicted octanol–water partition coefficient (Wildman–Crippen LogP) is -0.301. The van der Waals surface area contributed by atoms with Crippen LogP contribution in [0.4, 0.5) is 4.79 Å². The zero-order valence-electron chi connectivity index (χ0n) is 7.90. The lowest BCUT2D eigenvalue weighted by molar-refractivity contribution is -0.127. The molecule has 1 saturated heterocycles. The van der Waals surface area contributed by atoms with Crippen molar-refractivity contribution in [2.75, 3.05) is 13.2 Å². The van der Waals surface area contributed by atoms with Gasteiger partial charge in [0, 0.05) is 18.6 Å². The fourth-order valence-electron chi connectivity index (χ4n) is 2.34. The van der Waals surface area contributed by atoms with Gasteiger partial charge in [-0.3, -0.25) is 9.69 Å². The minimum Gasteiger partial charge on any atom is -0.396 e. The topological polar surface area (TPSA) is 69.6 Å². The van der Waals surface area contributed by atoms with Crippen LogP contribution in [0.15, 0.2) is 0 Å². The van der Waals surface area contributed by atoms with Gasteiger partial charge in [0.15, 0.2) is 0 Å². The number of urea groups is 1. The number of nitrogens with one attached hydrogen (secondary N) is 1. The maximum atomic E-state index is 11.4. The van der Waals surface area contributed by atoms with Crippen LogP contribution < -0.4 is 5.32 Å².